The molecule has 0 amide bonds. The van der Waals surface area contributed by atoms with Crippen molar-refractivity contribution in [3.8, 4) is 17.1 Å². The minimum Gasteiger partial charge on any atom is -0.478 e. The van der Waals surface area contributed by atoms with E-state index < -0.39 is 18.0 Å². The van der Waals surface area contributed by atoms with Crippen LogP contribution >= 0.6 is 85.5 Å². The quantitative estimate of drug-likeness (QED) is 0.0425. The number of aromatic nitrogens is 21. The molecule has 0 aliphatic heterocycles. The van der Waals surface area contributed by atoms with E-state index in [4.69, 9.17) is 101 Å². The number of hydrogen-bond acceptors (Lipinski definition) is 18. The van der Waals surface area contributed by atoms with E-state index >= 15 is 0 Å². The van der Waals surface area contributed by atoms with E-state index in [1.165, 1.54) is 15.7 Å². The van der Waals surface area contributed by atoms with Gasteiger partial charge in [0.2, 0.25) is 5.82 Å². The normalized spacial score (nSPS) is 10.8. The number of H-pyrrole nitrogens is 7. The largest absolute Gasteiger partial charge is 0.478 e. The fourth-order valence-corrected chi connectivity index (χ4v) is 9.98. The first kappa shape index (κ1) is 70.6. The minimum absolute atomic E-state index is 0.0751. The molecule has 7 heterocycles. The Balaban J connectivity index is 0.000000146. The first-order chi connectivity index (χ1) is 45.8. The maximum absolute atomic E-state index is 10.9. The molecule has 0 bridgehead atoms. The molecule has 95 heavy (non-hydrogen) atoms. The number of nitrogens with one attached hydrogen (secondary N) is 7. The molecule has 1 atom stereocenters. The van der Waals surface area contributed by atoms with Crippen LogP contribution in [-0.4, -0.2) is 136 Å². The van der Waals surface area contributed by atoms with E-state index in [0.717, 1.165) is 39.3 Å². The predicted octanol–water partition coefficient (Wildman–Crippen LogP) is 11.6. The number of nitrogens with zero attached hydrogens (tertiary/aromatic N) is 14. The third-order valence-corrected chi connectivity index (χ3v) is 15.6. The van der Waals surface area contributed by atoms with Gasteiger partial charge in [-0.05, 0) is 177 Å². The van der Waals surface area contributed by atoms with Gasteiger partial charge in [-0.15, -0.1) is 5.10 Å². The van der Waals surface area contributed by atoms with E-state index in [2.05, 4.69) is 90.4 Å². The van der Waals surface area contributed by atoms with Crippen LogP contribution in [0, 0.1) is 47.2 Å². The molecule has 0 spiro atoms. The van der Waals surface area contributed by atoms with Crippen molar-refractivity contribution in [1.29, 1.82) is 0 Å². The Morgan fingerprint density at radius 3 is 1.23 bits per heavy atom. The Hall–Kier alpha value is -10.3. The molecule has 1 unspecified atom stereocenters. The number of aliphatic hydroxyl groups excluding tert-OH is 2. The van der Waals surface area contributed by atoms with Crippen LogP contribution in [0.1, 0.15) is 79.0 Å². The third kappa shape index (κ3) is 20.1. The number of carbonyl (C=O) groups is 2. The van der Waals surface area contributed by atoms with E-state index in [1.54, 1.807) is 79.3 Å². The van der Waals surface area contributed by atoms with Gasteiger partial charge in [-0.1, -0.05) is 120 Å². The van der Waals surface area contributed by atoms with Gasteiger partial charge >= 0.3 is 11.9 Å². The lowest BCUT2D eigenvalue weighted by Crippen LogP contribution is -2.10. The molecular formula is C61H61N21O6S7. The summed E-state index contributed by atoms with van der Waals surface area (Å²) in [4.78, 5) is 21.5. The highest BCUT2D eigenvalue weighted by Crippen LogP contribution is 2.16. The number of aromatic amines is 7. The summed E-state index contributed by atoms with van der Waals surface area (Å²) in [6.45, 7) is 7.89. The first-order valence-electron chi connectivity index (χ1n) is 28.3. The van der Waals surface area contributed by atoms with Gasteiger partial charge in [0, 0.05) is 17.1 Å². The Bertz CT molecular complexity index is 4950. The predicted molar refractivity (Wildman–Crippen MR) is 372 cm³/mol. The summed E-state index contributed by atoms with van der Waals surface area (Å²) >= 11 is 35.5. The van der Waals surface area contributed by atoms with E-state index in [0.29, 0.717) is 71.2 Å². The average molecular weight is 1410 g/mol. The SMILES string of the molecule is CC(O)c1n[nH]c(=S)n1Cc1ccccc1.Cc1ccc(-n2cn[nH]c2=S)cc1.Cc1ccc(Cn2c(CO)n[nH]c2=S)cc1.O=C(O)c1ccc(Cn2cn[nH]c2=S)cc1.O=C(O)c1n[nH]c(=S)n1Cc1ccccc1.S=c1[nH]ncn1-c1ccc(-n2cn[nH]c2=S)cc1. The summed E-state index contributed by atoms with van der Waals surface area (Å²) in [6, 6.07) is 50.2. The minimum atomic E-state index is -1.09. The van der Waals surface area contributed by atoms with Crippen molar-refractivity contribution in [2.24, 2.45) is 0 Å². The second-order valence-corrected chi connectivity index (χ2v) is 23.0. The second-order valence-electron chi connectivity index (χ2n) is 20.3. The lowest BCUT2D eigenvalue weighted by molar-refractivity contribution is 0.0673. The van der Waals surface area contributed by atoms with Gasteiger partial charge in [-0.2, -0.15) is 30.6 Å². The van der Waals surface area contributed by atoms with Gasteiger partial charge in [-0.3, -0.25) is 63.1 Å². The molecule has 0 aliphatic carbocycles. The maximum atomic E-state index is 10.9. The molecule has 27 nitrogen and oxygen atoms in total. The van der Waals surface area contributed by atoms with Gasteiger partial charge in [0.1, 0.15) is 38.0 Å². The lowest BCUT2D eigenvalue weighted by atomic mass is 10.1. The van der Waals surface area contributed by atoms with Crippen LogP contribution in [0.15, 0.2) is 183 Å². The van der Waals surface area contributed by atoms with Crippen LogP contribution < -0.4 is 0 Å². The van der Waals surface area contributed by atoms with Crippen LogP contribution in [0.3, 0.4) is 0 Å². The lowest BCUT2D eigenvalue weighted by Gasteiger charge is -2.08. The summed E-state index contributed by atoms with van der Waals surface area (Å²) in [5.41, 5.74) is 9.86. The van der Waals surface area contributed by atoms with Crippen molar-refractivity contribution < 1.29 is 30.0 Å². The molecule has 6 aromatic carbocycles. The number of carboxylic acid groups (broad SMARTS) is 2. The molecule has 13 rings (SSSR count). The van der Waals surface area contributed by atoms with Crippen molar-refractivity contribution in [1.82, 2.24) is 103 Å². The number of aliphatic hydroxyl groups is 2. The Morgan fingerprint density at radius 2 is 0.800 bits per heavy atom. The zero-order valence-corrected chi connectivity index (χ0v) is 56.4. The van der Waals surface area contributed by atoms with Crippen LogP contribution in [-0.2, 0) is 32.8 Å². The summed E-state index contributed by atoms with van der Waals surface area (Å²) in [5, 5.41) is 82.0. The highest BCUT2D eigenvalue weighted by molar-refractivity contribution is 7.72. The van der Waals surface area contributed by atoms with Gasteiger partial charge in [0.15, 0.2) is 45.0 Å². The van der Waals surface area contributed by atoms with Crippen molar-refractivity contribution >= 4 is 97.5 Å². The number of aryl methyl sites for hydroxylation is 2. The zero-order chi connectivity index (χ0) is 68.0. The van der Waals surface area contributed by atoms with E-state index in [-0.39, 0.29) is 18.0 Å². The van der Waals surface area contributed by atoms with Crippen molar-refractivity contribution in [2.45, 2.75) is 59.7 Å². The fraction of sp³-hybridized carbons (Fsp3) is 0.148. The van der Waals surface area contributed by atoms with Crippen LogP contribution in [0.4, 0.5) is 0 Å². The number of benzene rings is 6. The summed E-state index contributed by atoms with van der Waals surface area (Å²) in [6.07, 6.45) is 5.93. The van der Waals surface area contributed by atoms with Gasteiger partial charge in [0.05, 0.1) is 31.7 Å². The van der Waals surface area contributed by atoms with Gasteiger partial charge < -0.3 is 25.0 Å². The molecule has 0 saturated heterocycles. The summed E-state index contributed by atoms with van der Waals surface area (Å²) < 4.78 is 15.9. The molecule has 0 fully saturated rings. The topological polar surface area (TPSA) is 350 Å². The molecule has 0 saturated carbocycles. The van der Waals surface area contributed by atoms with Crippen molar-refractivity contribution in [3.05, 3.63) is 273 Å². The number of rotatable bonds is 15. The van der Waals surface area contributed by atoms with Crippen LogP contribution in [0.25, 0.3) is 17.1 Å². The number of aromatic carboxylic acids is 2. The molecule has 13 aromatic rings. The highest BCUT2D eigenvalue weighted by atomic mass is 32.1. The molecule has 0 radical (unpaired) electrons. The number of carboxylic acids is 2. The monoisotopic (exact) mass is 1410 g/mol. The first-order valence-corrected chi connectivity index (χ1v) is 31.2. The summed E-state index contributed by atoms with van der Waals surface area (Å²) in [5.74, 6) is -0.969. The summed E-state index contributed by atoms with van der Waals surface area (Å²) in [7, 11) is 0. The fourth-order valence-electron chi connectivity index (χ4n) is 8.58. The second kappa shape index (κ2) is 34.6. The van der Waals surface area contributed by atoms with Crippen molar-refractivity contribution in [3.63, 3.8) is 0 Å². The molecule has 7 aromatic heterocycles. The van der Waals surface area contributed by atoms with E-state index in [1.807, 2.05) is 133 Å². The smallest absolute Gasteiger partial charge is 0.374 e. The molecule has 11 N–H and O–H groups in total. The molecule has 0 aliphatic rings. The molecular weight excluding hydrogens is 1350 g/mol. The third-order valence-electron chi connectivity index (χ3n) is 13.5. The maximum Gasteiger partial charge on any atom is 0.374 e. The van der Waals surface area contributed by atoms with Crippen molar-refractivity contribution in [2.75, 3.05) is 0 Å². The van der Waals surface area contributed by atoms with Gasteiger partial charge in [-0.25, -0.2) is 9.59 Å². The number of hydrogen-bond donors (Lipinski definition) is 11. The standard InChI is InChI=1S/2C11H13N3OS.C10H8N6S2.2C10H9N3O2S.C9H9N3S/c1-8-2-4-9(5-3-8)6-14-10(7-15)12-13-11(14)16;1-8(15)10-12-13-11(16)14(10)7-9-5-3-2-4-6-9;17-9-13-11-5-15(9)7-1-2-8(4-3-7)16-6-12-14-10(16)18;14-9(15)8-3-1-7(2-4-8)5-13-6-11-12-10(13)16;14-9(15)8-11-12-10(16)13(8)6-7-4-2-1-3-5-7;1-7-2-4-8(5-3-7)12-6-10-11-9(12)13/h2-5,15H,6-7H2,1H3,(H,13,16);2-6,8,15H,7H2,1H3,(H,13,16);1-6H,(H,13,17)(H,14,18);1-4,6H,5H2,(H,12,16)(H,14,15);1-5H,6H2,(H,12,16)(H,14,15);2-6H,1H3,(H,11,13). The highest BCUT2D eigenvalue weighted by Gasteiger charge is 2.14. The van der Waals surface area contributed by atoms with Crippen LogP contribution in [0.5, 0.6) is 0 Å². The van der Waals surface area contributed by atoms with Crippen LogP contribution in [0.2, 0.25) is 0 Å². The Morgan fingerprint density at radius 1 is 0.421 bits per heavy atom. The molecule has 488 valence electrons. The Kier molecular flexibility index (Phi) is 25.7. The Labute approximate surface area is 576 Å². The van der Waals surface area contributed by atoms with Gasteiger partial charge in [0.25, 0.3) is 0 Å². The van der Waals surface area contributed by atoms with E-state index in [9.17, 15) is 14.7 Å². The average Bonchev–Trinajstić information content (AvgIpc) is 1.88. The zero-order valence-electron chi connectivity index (χ0n) is 50.7. The molecule has 34 heteroatoms.